The second kappa shape index (κ2) is 5.94. The number of aromatic nitrogens is 2. The maximum absolute atomic E-state index is 12.5. The predicted molar refractivity (Wildman–Crippen MR) is 84.9 cm³/mol. The lowest BCUT2D eigenvalue weighted by Crippen LogP contribution is -2.43. The van der Waals surface area contributed by atoms with E-state index in [2.05, 4.69) is 17.3 Å². The molecule has 1 heterocycles. The molecule has 0 spiro atoms. The highest BCUT2D eigenvalue weighted by Gasteiger charge is 2.42. The number of fused-ring (bicyclic) bond motifs is 2. The van der Waals surface area contributed by atoms with Crippen LogP contribution < -0.4 is 5.32 Å². The molecule has 3 rings (SSSR count). The molecule has 7 heteroatoms. The van der Waals surface area contributed by atoms with Crippen LogP contribution in [0.5, 0.6) is 0 Å². The monoisotopic (exact) mass is 320 g/mol. The van der Waals surface area contributed by atoms with Crippen molar-refractivity contribution < 1.29 is 9.72 Å². The molecule has 1 amide bonds. The Morgan fingerprint density at radius 3 is 2.70 bits per heavy atom. The summed E-state index contributed by atoms with van der Waals surface area (Å²) in [6.07, 6.45) is 6.49. The quantitative estimate of drug-likeness (QED) is 0.667. The van der Waals surface area contributed by atoms with Crippen LogP contribution in [0.4, 0.5) is 5.69 Å². The van der Waals surface area contributed by atoms with Gasteiger partial charge in [-0.3, -0.25) is 19.6 Å². The van der Waals surface area contributed by atoms with E-state index < -0.39 is 11.0 Å². The molecule has 2 aliphatic carbocycles. The highest BCUT2D eigenvalue weighted by atomic mass is 16.6. The number of nitro groups is 1. The summed E-state index contributed by atoms with van der Waals surface area (Å²) < 4.78 is 1.39. The van der Waals surface area contributed by atoms with E-state index in [4.69, 9.17) is 0 Å². The zero-order valence-corrected chi connectivity index (χ0v) is 13.9. The van der Waals surface area contributed by atoms with Crippen LogP contribution in [0.3, 0.4) is 0 Å². The van der Waals surface area contributed by atoms with Crippen LogP contribution in [0.2, 0.25) is 0 Å². The average Bonchev–Trinajstić information content (AvgIpc) is 3.20. The van der Waals surface area contributed by atoms with Crippen LogP contribution in [0, 0.1) is 34.8 Å². The van der Waals surface area contributed by atoms with Crippen LogP contribution >= 0.6 is 0 Å². The number of carbonyl (C=O) groups is 1. The number of amides is 1. The summed E-state index contributed by atoms with van der Waals surface area (Å²) in [5, 5.41) is 18.1. The molecule has 2 aliphatic rings. The van der Waals surface area contributed by atoms with E-state index in [1.807, 2.05) is 0 Å². The Morgan fingerprint density at radius 1 is 1.43 bits per heavy atom. The molecule has 23 heavy (non-hydrogen) atoms. The van der Waals surface area contributed by atoms with Gasteiger partial charge in [-0.25, -0.2) is 0 Å². The minimum absolute atomic E-state index is 0.0502. The number of aryl methyl sites for hydroxylation is 1. The van der Waals surface area contributed by atoms with Crippen molar-refractivity contribution in [2.45, 2.75) is 58.5 Å². The fourth-order valence-corrected chi connectivity index (χ4v) is 4.33. The van der Waals surface area contributed by atoms with Gasteiger partial charge in [-0.1, -0.05) is 6.42 Å². The van der Waals surface area contributed by atoms with Gasteiger partial charge in [0, 0.05) is 6.04 Å². The van der Waals surface area contributed by atoms with Crippen molar-refractivity contribution >= 4 is 11.6 Å². The Kier molecular flexibility index (Phi) is 4.12. The van der Waals surface area contributed by atoms with E-state index in [-0.39, 0.29) is 17.6 Å². The van der Waals surface area contributed by atoms with E-state index in [0.29, 0.717) is 11.6 Å². The molecule has 0 saturated heterocycles. The van der Waals surface area contributed by atoms with Crippen molar-refractivity contribution in [2.24, 2.45) is 17.8 Å². The first-order valence-corrected chi connectivity index (χ1v) is 8.37. The molecule has 1 N–H and O–H groups in total. The first-order valence-electron chi connectivity index (χ1n) is 8.37. The van der Waals surface area contributed by atoms with E-state index in [0.717, 1.165) is 11.8 Å². The standard InChI is InChI=1S/C16H24N4O3/c1-9(14-7-12-4-5-13(14)6-12)17-16(21)11(3)19-8-15(20(22)23)10(2)18-19/h8-9,11-14H,4-7H2,1-3H3,(H,17,21)/t9-,11+,12-,13-,14+/m1/s1. The summed E-state index contributed by atoms with van der Waals surface area (Å²) in [6, 6.07) is -0.407. The molecule has 2 fully saturated rings. The summed E-state index contributed by atoms with van der Waals surface area (Å²) in [5.74, 6) is 2.04. The van der Waals surface area contributed by atoms with Gasteiger partial charge < -0.3 is 5.32 Å². The van der Waals surface area contributed by atoms with Crippen LogP contribution in [0.25, 0.3) is 0 Å². The zero-order chi connectivity index (χ0) is 16.7. The Labute approximate surface area is 135 Å². The SMILES string of the molecule is Cc1nn([C@@H](C)C(=O)N[C@H](C)[C@@H]2C[C@@H]3CC[C@@H]2C3)cc1[N+](=O)[O-]. The largest absolute Gasteiger partial charge is 0.352 e. The van der Waals surface area contributed by atoms with Crippen LogP contribution in [0.1, 0.15) is 51.3 Å². The van der Waals surface area contributed by atoms with Crippen molar-refractivity contribution in [3.63, 3.8) is 0 Å². The highest BCUT2D eigenvalue weighted by molar-refractivity contribution is 5.80. The number of rotatable bonds is 5. The van der Waals surface area contributed by atoms with Crippen LogP contribution in [0.15, 0.2) is 6.20 Å². The smallest absolute Gasteiger partial charge is 0.309 e. The van der Waals surface area contributed by atoms with Crippen molar-refractivity contribution in [1.29, 1.82) is 0 Å². The number of hydrogen-bond donors (Lipinski definition) is 1. The molecule has 0 unspecified atom stereocenters. The Hall–Kier alpha value is -1.92. The lowest BCUT2D eigenvalue weighted by atomic mass is 9.84. The van der Waals surface area contributed by atoms with Gasteiger partial charge in [0.05, 0.1) is 4.92 Å². The zero-order valence-electron chi connectivity index (χ0n) is 13.9. The molecule has 1 aromatic heterocycles. The fourth-order valence-electron chi connectivity index (χ4n) is 4.33. The first-order chi connectivity index (χ1) is 10.9. The summed E-state index contributed by atoms with van der Waals surface area (Å²) >= 11 is 0. The lowest BCUT2D eigenvalue weighted by Gasteiger charge is -2.29. The molecule has 0 radical (unpaired) electrons. The van der Waals surface area contributed by atoms with Gasteiger partial charge in [0.1, 0.15) is 17.9 Å². The normalized spacial score (nSPS) is 28.6. The molecular formula is C16H24N4O3. The Morgan fingerprint density at radius 2 is 2.17 bits per heavy atom. The van der Waals surface area contributed by atoms with Crippen molar-refractivity contribution in [1.82, 2.24) is 15.1 Å². The number of nitrogens with one attached hydrogen (secondary N) is 1. The van der Waals surface area contributed by atoms with Crippen LogP contribution in [-0.4, -0.2) is 26.7 Å². The highest BCUT2D eigenvalue weighted by Crippen LogP contribution is 2.49. The second-order valence-electron chi connectivity index (χ2n) is 7.15. The number of hydrogen-bond acceptors (Lipinski definition) is 4. The number of nitrogens with zero attached hydrogens (tertiary/aromatic N) is 3. The van der Waals surface area contributed by atoms with Gasteiger partial charge in [0.25, 0.3) is 0 Å². The molecule has 2 bridgehead atoms. The minimum atomic E-state index is -0.552. The third-order valence-corrected chi connectivity index (χ3v) is 5.67. The Bertz CT molecular complexity index is 627. The molecule has 1 aromatic rings. The van der Waals surface area contributed by atoms with Crippen LogP contribution in [-0.2, 0) is 4.79 Å². The topological polar surface area (TPSA) is 90.1 Å². The molecular weight excluding hydrogens is 296 g/mol. The summed E-state index contributed by atoms with van der Waals surface area (Å²) in [6.45, 7) is 5.38. The molecule has 0 aliphatic heterocycles. The van der Waals surface area contributed by atoms with Gasteiger partial charge in [-0.05, 0) is 57.8 Å². The molecule has 126 valence electrons. The Balaban J connectivity index is 1.63. The lowest BCUT2D eigenvalue weighted by molar-refractivity contribution is -0.385. The summed E-state index contributed by atoms with van der Waals surface area (Å²) in [5.41, 5.74) is 0.279. The van der Waals surface area contributed by atoms with E-state index in [1.54, 1.807) is 13.8 Å². The fraction of sp³-hybridized carbons (Fsp3) is 0.750. The first kappa shape index (κ1) is 16.0. The van der Waals surface area contributed by atoms with Gasteiger partial charge in [-0.2, -0.15) is 5.10 Å². The predicted octanol–water partition coefficient (Wildman–Crippen LogP) is 2.60. The van der Waals surface area contributed by atoms with Crippen molar-refractivity contribution in [3.8, 4) is 0 Å². The second-order valence-corrected chi connectivity index (χ2v) is 7.15. The van der Waals surface area contributed by atoms with E-state index >= 15 is 0 Å². The minimum Gasteiger partial charge on any atom is -0.352 e. The van der Waals surface area contributed by atoms with Gasteiger partial charge in [0.15, 0.2) is 0 Å². The summed E-state index contributed by atoms with van der Waals surface area (Å²) in [7, 11) is 0. The third kappa shape index (κ3) is 2.96. The number of carbonyl (C=O) groups excluding carboxylic acids is 1. The third-order valence-electron chi connectivity index (χ3n) is 5.67. The van der Waals surface area contributed by atoms with Gasteiger partial charge in [0.2, 0.25) is 5.91 Å². The van der Waals surface area contributed by atoms with Crippen molar-refractivity contribution in [3.05, 3.63) is 22.0 Å². The maximum atomic E-state index is 12.5. The van der Waals surface area contributed by atoms with E-state index in [1.165, 1.54) is 36.6 Å². The summed E-state index contributed by atoms with van der Waals surface area (Å²) in [4.78, 5) is 22.9. The molecule has 2 saturated carbocycles. The molecule has 7 nitrogen and oxygen atoms in total. The van der Waals surface area contributed by atoms with Gasteiger partial charge in [-0.15, -0.1) is 0 Å². The van der Waals surface area contributed by atoms with Crippen molar-refractivity contribution in [2.75, 3.05) is 0 Å². The molecule has 0 aromatic carbocycles. The average molecular weight is 320 g/mol. The van der Waals surface area contributed by atoms with E-state index in [9.17, 15) is 14.9 Å². The molecule has 5 atom stereocenters. The maximum Gasteiger partial charge on any atom is 0.309 e. The van der Waals surface area contributed by atoms with Gasteiger partial charge >= 0.3 is 5.69 Å².